The first kappa shape index (κ1) is 10.2. The van der Waals surface area contributed by atoms with Gasteiger partial charge in [-0.3, -0.25) is 0 Å². The third-order valence-corrected chi connectivity index (χ3v) is 1.37. The van der Waals surface area contributed by atoms with Gasteiger partial charge in [0.2, 0.25) is 0 Å². The molecule has 11 heavy (non-hydrogen) atoms. The minimum absolute atomic E-state index is 0.285. The van der Waals surface area contributed by atoms with Crippen molar-refractivity contribution in [3.05, 3.63) is 0 Å². The van der Waals surface area contributed by atoms with Gasteiger partial charge in [0.15, 0.2) is 0 Å². The van der Waals surface area contributed by atoms with Crippen molar-refractivity contribution in [1.82, 2.24) is 9.80 Å². The van der Waals surface area contributed by atoms with Crippen LogP contribution in [0.4, 0.5) is 4.79 Å². The Hall–Kier alpha value is -0.770. The van der Waals surface area contributed by atoms with Gasteiger partial charge < -0.3 is 14.5 Å². The Labute approximate surface area is 67.7 Å². The average molecular weight is 160 g/mol. The molecule has 0 rings (SSSR count). The van der Waals surface area contributed by atoms with E-state index in [4.69, 9.17) is 0 Å². The molecule has 0 heterocycles. The first-order chi connectivity index (χ1) is 5.07. The average Bonchev–Trinajstić information content (AvgIpc) is 1.98. The number of carbonyl (C=O) groups is 1. The maximum Gasteiger partial charge on any atom is 0.409 e. The number of ether oxygens (including phenoxy) is 1. The zero-order valence-corrected chi connectivity index (χ0v) is 7.63. The summed E-state index contributed by atoms with van der Waals surface area (Å²) in [5.74, 6) is 0. The van der Waals surface area contributed by atoms with Crippen molar-refractivity contribution in [3.63, 3.8) is 0 Å². The number of nitrogens with zero attached hydrogens (tertiary/aromatic N) is 2. The SMILES string of the molecule is COC(=O)N(C)CCN(C)C. The van der Waals surface area contributed by atoms with Crippen LogP contribution in [-0.4, -0.2) is 57.2 Å². The van der Waals surface area contributed by atoms with Gasteiger partial charge >= 0.3 is 6.09 Å². The van der Waals surface area contributed by atoms with Crippen LogP contribution >= 0.6 is 0 Å². The number of carbonyl (C=O) groups excluding carboxylic acids is 1. The lowest BCUT2D eigenvalue weighted by molar-refractivity contribution is 0.130. The van der Waals surface area contributed by atoms with Crippen molar-refractivity contribution in [1.29, 1.82) is 0 Å². The summed E-state index contributed by atoms with van der Waals surface area (Å²) in [6.45, 7) is 1.55. The number of hydrogen-bond donors (Lipinski definition) is 0. The summed E-state index contributed by atoms with van der Waals surface area (Å²) in [5, 5.41) is 0. The van der Waals surface area contributed by atoms with Crippen molar-refractivity contribution in [3.8, 4) is 0 Å². The van der Waals surface area contributed by atoms with E-state index in [0.29, 0.717) is 6.54 Å². The van der Waals surface area contributed by atoms with Crippen LogP contribution in [0, 0.1) is 0 Å². The Balaban J connectivity index is 3.52. The fraction of sp³-hybridized carbons (Fsp3) is 0.857. The van der Waals surface area contributed by atoms with E-state index < -0.39 is 0 Å². The summed E-state index contributed by atoms with van der Waals surface area (Å²) in [6.07, 6.45) is -0.285. The molecule has 0 spiro atoms. The molecule has 0 aromatic heterocycles. The van der Waals surface area contributed by atoms with E-state index in [2.05, 4.69) is 4.74 Å². The number of hydrogen-bond acceptors (Lipinski definition) is 3. The van der Waals surface area contributed by atoms with Gasteiger partial charge in [0.05, 0.1) is 7.11 Å². The lowest BCUT2D eigenvalue weighted by Gasteiger charge is -2.17. The van der Waals surface area contributed by atoms with Crippen LogP contribution in [0.5, 0.6) is 0 Å². The second-order valence-electron chi connectivity index (χ2n) is 2.69. The molecule has 0 radical (unpaired) electrons. The fourth-order valence-corrected chi connectivity index (χ4v) is 0.597. The third-order valence-electron chi connectivity index (χ3n) is 1.37. The number of likely N-dealkylation sites (N-methyl/N-ethyl adjacent to an activating group) is 2. The van der Waals surface area contributed by atoms with Gasteiger partial charge in [-0.25, -0.2) is 4.79 Å². The predicted molar refractivity (Wildman–Crippen MR) is 43.6 cm³/mol. The van der Waals surface area contributed by atoms with Crippen LogP contribution in [0.25, 0.3) is 0 Å². The molecule has 66 valence electrons. The molecule has 0 aliphatic carbocycles. The summed E-state index contributed by atoms with van der Waals surface area (Å²) < 4.78 is 4.51. The van der Waals surface area contributed by atoms with Crippen LogP contribution in [-0.2, 0) is 4.74 Å². The minimum atomic E-state index is -0.285. The van der Waals surface area contributed by atoms with E-state index in [0.717, 1.165) is 6.54 Å². The van der Waals surface area contributed by atoms with Gasteiger partial charge in [-0.2, -0.15) is 0 Å². The molecule has 0 unspecified atom stereocenters. The number of amides is 1. The molecule has 0 aromatic rings. The van der Waals surface area contributed by atoms with E-state index in [1.165, 1.54) is 7.11 Å². The molecule has 0 bridgehead atoms. The van der Waals surface area contributed by atoms with Gasteiger partial charge in [-0.1, -0.05) is 0 Å². The van der Waals surface area contributed by atoms with Gasteiger partial charge in [-0.15, -0.1) is 0 Å². The van der Waals surface area contributed by atoms with E-state index in [1.807, 2.05) is 19.0 Å². The zero-order valence-electron chi connectivity index (χ0n) is 7.63. The summed E-state index contributed by atoms with van der Waals surface area (Å²) in [6, 6.07) is 0. The van der Waals surface area contributed by atoms with Crippen molar-refractivity contribution >= 4 is 6.09 Å². The summed E-state index contributed by atoms with van der Waals surface area (Å²) in [4.78, 5) is 14.4. The molecule has 0 aromatic carbocycles. The maximum atomic E-state index is 10.8. The van der Waals surface area contributed by atoms with Crippen LogP contribution in [0.2, 0.25) is 0 Å². The molecular weight excluding hydrogens is 144 g/mol. The van der Waals surface area contributed by atoms with Crippen LogP contribution in [0.1, 0.15) is 0 Å². The van der Waals surface area contributed by atoms with Crippen LogP contribution < -0.4 is 0 Å². The highest BCUT2D eigenvalue weighted by Crippen LogP contribution is 1.87. The smallest absolute Gasteiger partial charge is 0.409 e. The van der Waals surface area contributed by atoms with Crippen molar-refractivity contribution in [2.75, 3.05) is 41.3 Å². The largest absolute Gasteiger partial charge is 0.453 e. The molecule has 4 heteroatoms. The number of methoxy groups -OCH3 is 1. The molecular formula is C7H16N2O2. The second kappa shape index (κ2) is 4.96. The lowest BCUT2D eigenvalue weighted by Crippen LogP contribution is -2.33. The molecule has 0 N–H and O–H groups in total. The molecule has 0 saturated heterocycles. The van der Waals surface area contributed by atoms with Crippen molar-refractivity contribution in [2.24, 2.45) is 0 Å². The van der Waals surface area contributed by atoms with E-state index >= 15 is 0 Å². The first-order valence-electron chi connectivity index (χ1n) is 3.51. The lowest BCUT2D eigenvalue weighted by atomic mass is 10.5. The van der Waals surface area contributed by atoms with E-state index in [-0.39, 0.29) is 6.09 Å². The quantitative estimate of drug-likeness (QED) is 0.593. The summed E-state index contributed by atoms with van der Waals surface area (Å²) in [7, 11) is 7.03. The molecule has 4 nitrogen and oxygen atoms in total. The number of rotatable bonds is 3. The minimum Gasteiger partial charge on any atom is -0.453 e. The molecule has 0 saturated carbocycles. The highest BCUT2D eigenvalue weighted by Gasteiger charge is 2.06. The van der Waals surface area contributed by atoms with Crippen LogP contribution in [0.15, 0.2) is 0 Å². The predicted octanol–water partition coefficient (Wildman–Crippen LogP) is 0.246. The normalized spacial score (nSPS) is 9.91. The molecule has 1 amide bonds. The van der Waals surface area contributed by atoms with Crippen molar-refractivity contribution < 1.29 is 9.53 Å². The monoisotopic (exact) mass is 160 g/mol. The molecule has 0 atom stereocenters. The van der Waals surface area contributed by atoms with E-state index in [1.54, 1.807) is 11.9 Å². The molecule has 0 fully saturated rings. The van der Waals surface area contributed by atoms with Gasteiger partial charge in [0.25, 0.3) is 0 Å². The standard InChI is InChI=1S/C7H16N2O2/c1-8(2)5-6-9(3)7(10)11-4/h5-6H2,1-4H3. The third kappa shape index (κ3) is 4.61. The Kier molecular flexibility index (Phi) is 4.61. The fourth-order valence-electron chi connectivity index (χ4n) is 0.597. The van der Waals surface area contributed by atoms with E-state index in [9.17, 15) is 4.79 Å². The topological polar surface area (TPSA) is 32.8 Å². The summed E-state index contributed by atoms with van der Waals surface area (Å²) in [5.41, 5.74) is 0. The zero-order chi connectivity index (χ0) is 8.85. The highest BCUT2D eigenvalue weighted by atomic mass is 16.5. The van der Waals surface area contributed by atoms with Gasteiger partial charge in [0, 0.05) is 20.1 Å². The van der Waals surface area contributed by atoms with Gasteiger partial charge in [0.1, 0.15) is 0 Å². The first-order valence-corrected chi connectivity index (χ1v) is 3.51. The van der Waals surface area contributed by atoms with Crippen molar-refractivity contribution in [2.45, 2.75) is 0 Å². The Morgan fingerprint density at radius 3 is 2.18 bits per heavy atom. The highest BCUT2D eigenvalue weighted by molar-refractivity contribution is 5.66. The molecule has 0 aliphatic rings. The Morgan fingerprint density at radius 1 is 1.27 bits per heavy atom. The maximum absolute atomic E-state index is 10.8. The Morgan fingerprint density at radius 2 is 1.82 bits per heavy atom. The molecule has 0 aliphatic heterocycles. The summed E-state index contributed by atoms with van der Waals surface area (Å²) >= 11 is 0. The second-order valence-corrected chi connectivity index (χ2v) is 2.69. The van der Waals surface area contributed by atoms with Crippen LogP contribution in [0.3, 0.4) is 0 Å². The Bertz CT molecular complexity index is 126. The van der Waals surface area contributed by atoms with Gasteiger partial charge in [-0.05, 0) is 14.1 Å².